The molecule has 0 saturated carbocycles. The molecule has 3 aliphatic heterocycles. The van der Waals surface area contributed by atoms with Crippen molar-refractivity contribution in [2.75, 3.05) is 10.7 Å². The molecule has 32 heavy (non-hydrogen) atoms. The van der Waals surface area contributed by atoms with Crippen LogP contribution in [0.3, 0.4) is 0 Å². The Morgan fingerprint density at radius 2 is 1.78 bits per heavy atom. The second-order valence-corrected chi connectivity index (χ2v) is 8.42. The van der Waals surface area contributed by atoms with Crippen molar-refractivity contribution in [1.29, 1.82) is 0 Å². The van der Waals surface area contributed by atoms with Crippen LogP contribution in [0.2, 0.25) is 0 Å². The number of hydrogen-bond acceptors (Lipinski definition) is 5. The van der Waals surface area contributed by atoms with Gasteiger partial charge in [-0.25, -0.2) is 4.79 Å². The molecule has 0 spiro atoms. The van der Waals surface area contributed by atoms with Crippen molar-refractivity contribution in [3.8, 4) is 11.1 Å². The van der Waals surface area contributed by atoms with Crippen LogP contribution in [0.4, 0.5) is 5.69 Å². The number of nitrogens with zero attached hydrogens (tertiary/aromatic N) is 3. The summed E-state index contributed by atoms with van der Waals surface area (Å²) in [4.78, 5) is 41.6. The molecule has 7 rings (SSSR count). The van der Waals surface area contributed by atoms with Crippen molar-refractivity contribution in [3.63, 3.8) is 0 Å². The van der Waals surface area contributed by atoms with Crippen LogP contribution in [0.5, 0.6) is 0 Å². The van der Waals surface area contributed by atoms with E-state index in [-0.39, 0.29) is 18.4 Å². The molecule has 1 unspecified atom stereocenters. The molecule has 3 N–H and O–H groups in total. The lowest BCUT2D eigenvalue weighted by atomic mass is 9.91. The van der Waals surface area contributed by atoms with Gasteiger partial charge in [0.15, 0.2) is 0 Å². The van der Waals surface area contributed by atoms with Crippen molar-refractivity contribution in [3.05, 3.63) is 52.4 Å². The summed E-state index contributed by atoms with van der Waals surface area (Å²) in [7, 11) is 0. The Morgan fingerprint density at radius 1 is 1.06 bits per heavy atom. The number of carbonyl (C=O) groups is 2. The first-order valence-corrected chi connectivity index (χ1v) is 10.8. The van der Waals surface area contributed by atoms with Crippen LogP contribution in [0.25, 0.3) is 22.2 Å². The number of hydrogen-bond donors (Lipinski definition) is 3. The summed E-state index contributed by atoms with van der Waals surface area (Å²) >= 11 is 0. The summed E-state index contributed by atoms with van der Waals surface area (Å²) < 4.78 is 2.75. The zero-order valence-electron chi connectivity index (χ0n) is 18.1. The Morgan fingerprint density at radius 3 is 2.53 bits per heavy atom. The average Bonchev–Trinajstić information content (AvgIpc) is 2.84. The van der Waals surface area contributed by atoms with Crippen LogP contribution in [-0.2, 0) is 11.3 Å². The van der Waals surface area contributed by atoms with Gasteiger partial charge in [0.1, 0.15) is 6.04 Å². The van der Waals surface area contributed by atoms with Crippen molar-refractivity contribution in [1.82, 2.24) is 14.0 Å². The van der Waals surface area contributed by atoms with E-state index in [4.69, 9.17) is 0 Å². The number of aromatic nitrogens is 3. The van der Waals surface area contributed by atoms with Crippen molar-refractivity contribution in [2.24, 2.45) is 0 Å². The molecule has 6 bridgehead atoms. The number of aliphatic hydroxyl groups excluding tert-OH is 1. The molecule has 0 radical (unpaired) electrons. The second-order valence-electron chi connectivity index (χ2n) is 8.42. The summed E-state index contributed by atoms with van der Waals surface area (Å²) in [5.74, 6) is -1.15. The van der Waals surface area contributed by atoms with Crippen LogP contribution in [-0.4, -0.2) is 43.1 Å². The number of fused-ring (bicyclic) bond motifs is 5. The SMILES string of the molecule is CC[C@@H](O)Cn1c(=O)n2n3c4ccc1c(c4-c1ccccc1C(C)C3=O)NC(=O)[C@H](C)N2. The lowest BCUT2D eigenvalue weighted by Crippen LogP contribution is -2.48. The van der Waals surface area contributed by atoms with Gasteiger partial charge < -0.3 is 10.4 Å². The maximum absolute atomic E-state index is 13.7. The highest BCUT2D eigenvalue weighted by Gasteiger charge is 2.34. The molecular formula is C23H25N5O4. The Hall–Kier alpha value is -3.59. The smallest absolute Gasteiger partial charge is 0.363 e. The normalized spacial score (nSPS) is 20.1. The number of rotatable bonds is 3. The first-order chi connectivity index (χ1) is 15.3. The number of amides is 1. The lowest BCUT2D eigenvalue weighted by molar-refractivity contribution is -0.116. The predicted octanol–water partition coefficient (Wildman–Crippen LogP) is 2.25. The summed E-state index contributed by atoms with van der Waals surface area (Å²) in [6.45, 7) is 5.29. The van der Waals surface area contributed by atoms with Crippen LogP contribution < -0.4 is 16.4 Å². The zero-order chi connectivity index (χ0) is 22.7. The molecule has 2 aromatic carbocycles. The van der Waals surface area contributed by atoms with Crippen LogP contribution in [0.15, 0.2) is 41.2 Å². The van der Waals surface area contributed by atoms with Gasteiger partial charge in [-0.05, 0) is 43.5 Å². The van der Waals surface area contributed by atoms with Crippen LogP contribution in [0, 0.1) is 0 Å². The number of nitrogens with one attached hydrogen (secondary N) is 2. The molecule has 5 heterocycles. The van der Waals surface area contributed by atoms with Crippen molar-refractivity contribution >= 4 is 28.5 Å². The van der Waals surface area contributed by atoms with Gasteiger partial charge in [-0.1, -0.05) is 31.2 Å². The molecule has 9 nitrogen and oxygen atoms in total. The van der Waals surface area contributed by atoms with Crippen LogP contribution in [0.1, 0.15) is 43.5 Å². The Bertz CT molecular complexity index is 1360. The number of anilines is 1. The van der Waals surface area contributed by atoms with E-state index in [1.807, 2.05) is 38.1 Å². The number of benzene rings is 2. The largest absolute Gasteiger partial charge is 0.391 e. The standard InChI is InChI=1S/C23H25N5O4/c1-4-14(29)11-26-18-10-9-17-19-16-8-6-5-7-15(16)12(2)22(31)27(17)28(23(26)32)25-13(3)21(30)24-20(18)19/h5-10,12-14,25,29H,4,11H2,1-3H3,(H,24,30)/t12?,13-,14+/m0/s1. The van der Waals surface area contributed by atoms with E-state index in [2.05, 4.69) is 10.7 Å². The van der Waals surface area contributed by atoms with Crippen LogP contribution >= 0.6 is 0 Å². The number of aliphatic hydroxyl groups is 1. The van der Waals surface area contributed by atoms with E-state index in [0.29, 0.717) is 28.7 Å². The van der Waals surface area contributed by atoms with E-state index in [0.717, 1.165) is 15.9 Å². The molecular weight excluding hydrogens is 410 g/mol. The summed E-state index contributed by atoms with van der Waals surface area (Å²) in [5, 5.41) is 13.4. The molecule has 3 atom stereocenters. The highest BCUT2D eigenvalue weighted by molar-refractivity contribution is 6.11. The van der Waals surface area contributed by atoms with Gasteiger partial charge in [0.25, 0.3) is 5.91 Å². The maximum Gasteiger partial charge on any atom is 0.363 e. The lowest BCUT2D eigenvalue weighted by Gasteiger charge is -2.22. The third-order valence-corrected chi connectivity index (χ3v) is 6.39. The highest BCUT2D eigenvalue weighted by Crippen LogP contribution is 2.42. The predicted molar refractivity (Wildman–Crippen MR) is 121 cm³/mol. The molecule has 166 valence electrons. The molecule has 1 amide bonds. The second kappa shape index (κ2) is 7.23. The first kappa shape index (κ1) is 20.3. The molecule has 2 aromatic heterocycles. The van der Waals surface area contributed by atoms with Gasteiger partial charge in [0.2, 0.25) is 5.91 Å². The third-order valence-electron chi connectivity index (χ3n) is 6.39. The maximum atomic E-state index is 13.7. The first-order valence-electron chi connectivity index (χ1n) is 10.8. The highest BCUT2D eigenvalue weighted by atomic mass is 16.3. The summed E-state index contributed by atoms with van der Waals surface area (Å²) in [5.41, 5.74) is 6.13. The minimum absolute atomic E-state index is 0.0166. The molecule has 9 heteroatoms. The fourth-order valence-corrected chi connectivity index (χ4v) is 4.53. The summed E-state index contributed by atoms with van der Waals surface area (Å²) in [6.07, 6.45) is -0.325. The van der Waals surface area contributed by atoms with Gasteiger partial charge in [-0.3, -0.25) is 19.6 Å². The molecule has 0 aliphatic carbocycles. The Kier molecular flexibility index (Phi) is 4.59. The van der Waals surface area contributed by atoms with Crippen molar-refractivity contribution < 1.29 is 14.7 Å². The van der Waals surface area contributed by atoms with E-state index in [9.17, 15) is 19.5 Å². The number of carbonyl (C=O) groups excluding carboxylic acids is 2. The molecule has 0 fully saturated rings. The minimum atomic E-state index is -0.787. The minimum Gasteiger partial charge on any atom is -0.391 e. The molecule has 3 aliphatic rings. The van der Waals surface area contributed by atoms with Gasteiger partial charge in [0, 0.05) is 5.56 Å². The topological polar surface area (TPSA) is 110 Å². The zero-order valence-corrected chi connectivity index (χ0v) is 18.1. The fraction of sp³-hybridized carbons (Fsp3) is 0.348. The Balaban J connectivity index is 2.06. The van der Waals surface area contributed by atoms with E-state index in [1.54, 1.807) is 19.1 Å². The fourth-order valence-electron chi connectivity index (χ4n) is 4.53. The summed E-state index contributed by atoms with van der Waals surface area (Å²) in [6, 6.07) is 10.3. The molecule has 4 aromatic rings. The quantitative estimate of drug-likeness (QED) is 0.585. The van der Waals surface area contributed by atoms with Gasteiger partial charge in [-0.15, -0.1) is 4.79 Å². The monoisotopic (exact) mass is 435 g/mol. The third kappa shape index (κ3) is 2.77. The van der Waals surface area contributed by atoms with E-state index < -0.39 is 23.8 Å². The average molecular weight is 435 g/mol. The Labute approximate surface area is 183 Å². The van der Waals surface area contributed by atoms with E-state index in [1.165, 1.54) is 9.25 Å². The molecule has 0 saturated heterocycles. The van der Waals surface area contributed by atoms with Gasteiger partial charge in [-0.2, -0.15) is 4.68 Å². The van der Waals surface area contributed by atoms with Gasteiger partial charge >= 0.3 is 5.69 Å². The van der Waals surface area contributed by atoms with E-state index >= 15 is 0 Å². The van der Waals surface area contributed by atoms with Crippen molar-refractivity contribution in [2.45, 2.75) is 51.8 Å². The van der Waals surface area contributed by atoms with Gasteiger partial charge in [0.05, 0.1) is 35.3 Å².